The Balaban J connectivity index is 0.961. The fraction of sp³-hybridized carbons (Fsp3) is 0.458. The molecule has 2 atom stereocenters. The highest BCUT2D eigenvalue weighted by Crippen LogP contribution is 2.39. The molecule has 0 amide bonds. The van der Waals surface area contributed by atoms with Crippen LogP contribution in [0.25, 0.3) is 22.3 Å². The van der Waals surface area contributed by atoms with Crippen LogP contribution in [0, 0.1) is 11.8 Å². The van der Waals surface area contributed by atoms with Crippen LogP contribution in [0.5, 0.6) is 0 Å². The fourth-order valence-electron chi connectivity index (χ4n) is 8.54. The van der Waals surface area contributed by atoms with E-state index in [1.165, 1.54) is 88.2 Å². The molecule has 0 spiro atoms. The molecular weight excluding hydrogens is 641 g/mol. The molecule has 0 heterocycles. The Kier molecular flexibility index (Phi) is 13.0. The fourth-order valence-corrected chi connectivity index (χ4v) is 8.54. The monoisotopic (exact) mass is 698 g/mol. The number of carbonyl (C=O) groups excluding carboxylic acids is 2. The average Bonchev–Trinajstić information content (AvgIpc) is 3.19. The molecule has 2 saturated carbocycles. The molecule has 4 aromatic carbocycles. The summed E-state index contributed by atoms with van der Waals surface area (Å²) in [6, 6.07) is 33.0. The molecule has 2 aliphatic rings. The van der Waals surface area contributed by atoms with E-state index in [9.17, 15) is 9.59 Å². The van der Waals surface area contributed by atoms with Crippen molar-refractivity contribution >= 4 is 11.9 Å². The Bertz CT molecular complexity index is 1570. The lowest BCUT2D eigenvalue weighted by Crippen LogP contribution is -2.30. The average molecular weight is 699 g/mol. The highest BCUT2D eigenvalue weighted by atomic mass is 16.6. The van der Waals surface area contributed by atoms with E-state index in [-0.39, 0.29) is 0 Å². The third-order valence-corrected chi connectivity index (χ3v) is 12.0. The van der Waals surface area contributed by atoms with Crippen LogP contribution in [-0.2, 0) is 9.47 Å². The molecule has 6 rings (SSSR count). The first-order valence-electron chi connectivity index (χ1n) is 20.1. The van der Waals surface area contributed by atoms with Gasteiger partial charge in [0.25, 0.3) is 0 Å². The minimum absolute atomic E-state index is 0.435. The zero-order valence-corrected chi connectivity index (χ0v) is 31.8. The molecule has 0 bridgehead atoms. The summed E-state index contributed by atoms with van der Waals surface area (Å²) < 4.78 is 11.4. The van der Waals surface area contributed by atoms with Gasteiger partial charge in [-0.25, -0.2) is 9.59 Å². The van der Waals surface area contributed by atoms with Crippen molar-refractivity contribution in [2.45, 2.75) is 129 Å². The summed E-state index contributed by atoms with van der Waals surface area (Å²) in [5, 5.41) is 0. The molecule has 4 nitrogen and oxygen atoms in total. The lowest BCUT2D eigenvalue weighted by molar-refractivity contribution is -0.0239. The second-order valence-corrected chi connectivity index (χ2v) is 15.6. The van der Waals surface area contributed by atoms with Crippen molar-refractivity contribution in [3.05, 3.63) is 119 Å². The molecule has 2 unspecified atom stereocenters. The maximum absolute atomic E-state index is 13.0. The van der Waals surface area contributed by atoms with Crippen LogP contribution in [0.1, 0.15) is 148 Å². The summed E-state index contributed by atoms with van der Waals surface area (Å²) in [4.78, 5) is 26.0. The topological polar surface area (TPSA) is 52.6 Å². The highest BCUT2D eigenvalue weighted by molar-refractivity contribution is 5.91. The van der Waals surface area contributed by atoms with Crippen molar-refractivity contribution in [2.75, 3.05) is 0 Å². The van der Waals surface area contributed by atoms with Crippen LogP contribution < -0.4 is 0 Å². The predicted molar refractivity (Wildman–Crippen MR) is 213 cm³/mol. The molecule has 2 aliphatic carbocycles. The number of ether oxygens (including phenoxy) is 2. The van der Waals surface area contributed by atoms with Gasteiger partial charge in [0.2, 0.25) is 0 Å². The standard InChI is InChI=1S/C48H58O4/c1-5-7-35-9-13-37(14-10-35)39-17-21-41(22-18-39)43-25-29-45(30-26-43)47(49)51-33(3)34(4)52-48(50)46-31-27-44(28-32-46)42-23-19-40(20-24-42)38-15-11-36(8-6-2)12-16-38/h17-38H,5-16H2,1-4H3/t33?,34?,35-,36-,37-,38-. The van der Waals surface area contributed by atoms with Gasteiger partial charge in [-0.1, -0.05) is 112 Å². The second-order valence-electron chi connectivity index (χ2n) is 15.6. The van der Waals surface area contributed by atoms with Gasteiger partial charge in [0, 0.05) is 0 Å². The molecule has 0 aromatic heterocycles. The highest BCUT2D eigenvalue weighted by Gasteiger charge is 2.24. The molecule has 0 aliphatic heterocycles. The number of rotatable bonds is 13. The van der Waals surface area contributed by atoms with E-state index in [4.69, 9.17) is 9.47 Å². The summed E-state index contributed by atoms with van der Waals surface area (Å²) in [5.74, 6) is 2.29. The largest absolute Gasteiger partial charge is 0.455 e. The molecular formula is C48H58O4. The Hall–Kier alpha value is -4.18. The van der Waals surface area contributed by atoms with Gasteiger partial charge in [0.05, 0.1) is 11.1 Å². The number of hydrogen-bond acceptors (Lipinski definition) is 4. The first-order valence-corrected chi connectivity index (χ1v) is 20.1. The van der Waals surface area contributed by atoms with E-state index in [1.807, 2.05) is 24.3 Å². The predicted octanol–water partition coefficient (Wildman–Crippen LogP) is 13.0. The van der Waals surface area contributed by atoms with Crippen molar-refractivity contribution in [2.24, 2.45) is 11.8 Å². The Morgan fingerprint density at radius 2 is 0.769 bits per heavy atom. The van der Waals surface area contributed by atoms with Crippen LogP contribution in [0.3, 0.4) is 0 Å². The van der Waals surface area contributed by atoms with Crippen molar-refractivity contribution in [1.29, 1.82) is 0 Å². The van der Waals surface area contributed by atoms with Gasteiger partial charge >= 0.3 is 11.9 Å². The second kappa shape index (κ2) is 18.0. The molecule has 0 saturated heterocycles. The van der Waals surface area contributed by atoms with E-state index in [0.717, 1.165) is 34.1 Å². The molecule has 4 aromatic rings. The van der Waals surface area contributed by atoms with E-state index in [1.54, 1.807) is 38.1 Å². The first-order chi connectivity index (χ1) is 25.3. The zero-order chi connectivity index (χ0) is 36.5. The molecule has 0 radical (unpaired) electrons. The molecule has 274 valence electrons. The van der Waals surface area contributed by atoms with E-state index < -0.39 is 24.1 Å². The third kappa shape index (κ3) is 9.62. The Labute approximate surface area is 312 Å². The van der Waals surface area contributed by atoms with Gasteiger partial charge in [-0.05, 0) is 147 Å². The number of carbonyl (C=O) groups is 2. The number of benzene rings is 4. The smallest absolute Gasteiger partial charge is 0.338 e. The van der Waals surface area contributed by atoms with Gasteiger partial charge < -0.3 is 9.47 Å². The van der Waals surface area contributed by atoms with Gasteiger partial charge in [-0.15, -0.1) is 0 Å². The minimum atomic E-state index is -0.611. The number of esters is 2. The number of hydrogen-bond donors (Lipinski definition) is 0. The van der Waals surface area contributed by atoms with Crippen LogP contribution in [0.2, 0.25) is 0 Å². The quantitative estimate of drug-likeness (QED) is 0.130. The maximum atomic E-state index is 13.0. The zero-order valence-electron chi connectivity index (χ0n) is 31.8. The van der Waals surface area contributed by atoms with Crippen LogP contribution in [0.4, 0.5) is 0 Å². The van der Waals surface area contributed by atoms with Crippen molar-refractivity contribution in [3.63, 3.8) is 0 Å². The molecule has 0 N–H and O–H groups in total. The Morgan fingerprint density at radius 1 is 0.481 bits per heavy atom. The van der Waals surface area contributed by atoms with Crippen LogP contribution in [-0.4, -0.2) is 24.1 Å². The lowest BCUT2D eigenvalue weighted by atomic mass is 9.77. The summed E-state index contributed by atoms with van der Waals surface area (Å²) in [6.07, 6.45) is 14.7. The Morgan fingerprint density at radius 3 is 1.06 bits per heavy atom. The maximum Gasteiger partial charge on any atom is 0.338 e. The summed E-state index contributed by atoms with van der Waals surface area (Å²) >= 11 is 0. The van der Waals surface area contributed by atoms with Crippen LogP contribution >= 0.6 is 0 Å². The minimum Gasteiger partial charge on any atom is -0.455 e. The van der Waals surface area contributed by atoms with Gasteiger partial charge in [0.1, 0.15) is 12.2 Å². The van der Waals surface area contributed by atoms with Crippen molar-refractivity contribution in [1.82, 2.24) is 0 Å². The first kappa shape index (κ1) is 37.6. The van der Waals surface area contributed by atoms with Crippen LogP contribution in [0.15, 0.2) is 97.1 Å². The SMILES string of the molecule is CCC[C@H]1CC[C@H](c2ccc(-c3ccc(C(=O)OC(C)C(C)OC(=O)c4ccc(-c5ccc([C@H]6CC[C@H](CCC)CC6)cc5)cc4)cc3)cc2)CC1. The van der Waals surface area contributed by atoms with E-state index in [2.05, 4.69) is 62.4 Å². The summed E-state index contributed by atoms with van der Waals surface area (Å²) in [6.45, 7) is 8.09. The molecule has 52 heavy (non-hydrogen) atoms. The van der Waals surface area contributed by atoms with Crippen molar-refractivity contribution in [3.8, 4) is 22.3 Å². The van der Waals surface area contributed by atoms with Crippen molar-refractivity contribution < 1.29 is 19.1 Å². The normalized spacial score (nSPS) is 21.5. The van der Waals surface area contributed by atoms with E-state index in [0.29, 0.717) is 23.0 Å². The van der Waals surface area contributed by atoms with Gasteiger partial charge in [-0.3, -0.25) is 0 Å². The lowest BCUT2D eigenvalue weighted by Gasteiger charge is -2.28. The van der Waals surface area contributed by atoms with Gasteiger partial charge in [0.15, 0.2) is 0 Å². The van der Waals surface area contributed by atoms with E-state index >= 15 is 0 Å². The summed E-state index contributed by atoms with van der Waals surface area (Å²) in [5.41, 5.74) is 8.22. The summed E-state index contributed by atoms with van der Waals surface area (Å²) in [7, 11) is 0. The van der Waals surface area contributed by atoms with Gasteiger partial charge in [-0.2, -0.15) is 0 Å². The molecule has 2 fully saturated rings. The molecule has 4 heteroatoms. The third-order valence-electron chi connectivity index (χ3n) is 12.0.